The summed E-state index contributed by atoms with van der Waals surface area (Å²) >= 11 is 5.62. The van der Waals surface area contributed by atoms with Crippen molar-refractivity contribution in [1.29, 1.82) is 0 Å². The van der Waals surface area contributed by atoms with Crippen molar-refractivity contribution in [2.24, 2.45) is 5.92 Å². The number of carbonyl (C=O) groups is 1. The molecule has 0 aromatic carbocycles. The van der Waals surface area contributed by atoms with Gasteiger partial charge in [0, 0.05) is 13.1 Å². The Morgan fingerprint density at radius 2 is 2.39 bits per heavy atom. The summed E-state index contributed by atoms with van der Waals surface area (Å²) in [5, 5.41) is 3.19. The number of amides is 1. The highest BCUT2D eigenvalue weighted by Crippen LogP contribution is 2.14. The Morgan fingerprint density at radius 1 is 1.56 bits per heavy atom. The lowest BCUT2D eigenvalue weighted by Gasteiger charge is -2.13. The second-order valence-electron chi connectivity index (χ2n) is 4.48. The van der Waals surface area contributed by atoms with Crippen LogP contribution in [0, 0.1) is 5.92 Å². The third-order valence-electron chi connectivity index (χ3n) is 3.22. The van der Waals surface area contributed by atoms with E-state index in [2.05, 4.69) is 27.1 Å². The maximum atomic E-state index is 11.8. The lowest BCUT2D eigenvalue weighted by atomic mass is 10.1. The normalized spacial score (nSPS) is 20.0. The fourth-order valence-electron chi connectivity index (χ4n) is 2.12. The fourth-order valence-corrected chi connectivity index (χ4v) is 2.22. The molecule has 5 nitrogen and oxygen atoms in total. The van der Waals surface area contributed by atoms with Crippen LogP contribution in [0.25, 0.3) is 0 Å². The van der Waals surface area contributed by atoms with Crippen molar-refractivity contribution in [3.63, 3.8) is 0 Å². The van der Waals surface area contributed by atoms with Crippen LogP contribution < -0.4 is 5.32 Å². The summed E-state index contributed by atoms with van der Waals surface area (Å²) in [6, 6.07) is 0. The van der Waals surface area contributed by atoms with E-state index in [1.165, 1.54) is 12.4 Å². The van der Waals surface area contributed by atoms with Gasteiger partial charge in [0.15, 0.2) is 0 Å². The van der Waals surface area contributed by atoms with E-state index in [1.807, 2.05) is 0 Å². The van der Waals surface area contributed by atoms with Gasteiger partial charge in [0.2, 0.25) is 0 Å². The van der Waals surface area contributed by atoms with Crippen LogP contribution in [0.3, 0.4) is 0 Å². The molecular formula is C12H17ClN4O. The van der Waals surface area contributed by atoms with Gasteiger partial charge in [-0.3, -0.25) is 4.79 Å². The molecule has 6 heteroatoms. The van der Waals surface area contributed by atoms with Gasteiger partial charge in [-0.15, -0.1) is 0 Å². The summed E-state index contributed by atoms with van der Waals surface area (Å²) in [6.45, 7) is 6.11. The molecule has 1 fully saturated rings. The van der Waals surface area contributed by atoms with Gasteiger partial charge < -0.3 is 10.2 Å². The minimum absolute atomic E-state index is 0.186. The first-order valence-corrected chi connectivity index (χ1v) is 6.55. The fraction of sp³-hybridized carbons (Fsp3) is 0.583. The smallest absolute Gasteiger partial charge is 0.271 e. The largest absolute Gasteiger partial charge is 0.350 e. The summed E-state index contributed by atoms with van der Waals surface area (Å²) in [6.07, 6.45) is 3.91. The number of aromatic nitrogens is 2. The van der Waals surface area contributed by atoms with Gasteiger partial charge in [0.1, 0.15) is 10.8 Å². The molecule has 0 aliphatic carbocycles. The summed E-state index contributed by atoms with van der Waals surface area (Å²) in [5.74, 6) is 0.350. The lowest BCUT2D eigenvalue weighted by molar-refractivity contribution is 0.0942. The third kappa shape index (κ3) is 3.40. The van der Waals surface area contributed by atoms with E-state index >= 15 is 0 Å². The van der Waals surface area contributed by atoms with Crippen LogP contribution in [0.15, 0.2) is 12.4 Å². The van der Waals surface area contributed by atoms with E-state index in [9.17, 15) is 4.79 Å². The van der Waals surface area contributed by atoms with E-state index in [-0.39, 0.29) is 5.91 Å². The quantitative estimate of drug-likeness (QED) is 0.892. The van der Waals surface area contributed by atoms with Crippen LogP contribution in [0.4, 0.5) is 0 Å². The summed E-state index contributed by atoms with van der Waals surface area (Å²) < 4.78 is 0. The predicted octanol–water partition coefficient (Wildman–Crippen LogP) is 1.20. The first kappa shape index (κ1) is 13.2. The number of hydrogen-bond acceptors (Lipinski definition) is 4. The zero-order valence-electron chi connectivity index (χ0n) is 10.4. The van der Waals surface area contributed by atoms with E-state index in [1.54, 1.807) is 0 Å². The molecule has 98 valence electrons. The maximum Gasteiger partial charge on any atom is 0.271 e. The van der Waals surface area contributed by atoms with Crippen molar-refractivity contribution in [1.82, 2.24) is 20.2 Å². The average molecular weight is 269 g/mol. The molecular weight excluding hydrogens is 252 g/mol. The van der Waals surface area contributed by atoms with Crippen molar-refractivity contribution in [2.45, 2.75) is 13.3 Å². The van der Waals surface area contributed by atoms with Gasteiger partial charge in [-0.1, -0.05) is 18.5 Å². The number of likely N-dealkylation sites (tertiary alicyclic amines) is 1. The van der Waals surface area contributed by atoms with E-state index in [0.717, 1.165) is 26.1 Å². The first-order chi connectivity index (χ1) is 8.69. The van der Waals surface area contributed by atoms with Crippen molar-refractivity contribution >= 4 is 17.5 Å². The van der Waals surface area contributed by atoms with Crippen molar-refractivity contribution in [2.75, 3.05) is 26.2 Å². The van der Waals surface area contributed by atoms with E-state index in [4.69, 9.17) is 11.6 Å². The summed E-state index contributed by atoms with van der Waals surface area (Å²) in [5.41, 5.74) is 0.310. The molecule has 1 amide bonds. The standard InChI is InChI=1S/C12H17ClN4O/c1-2-17-4-3-9(8-17)5-16-12(18)10-6-15-11(13)7-14-10/h6-7,9H,2-5,8H2,1H3,(H,16,18). The van der Waals surface area contributed by atoms with Crippen LogP contribution >= 0.6 is 11.6 Å². The highest BCUT2D eigenvalue weighted by molar-refractivity contribution is 6.29. The monoisotopic (exact) mass is 268 g/mol. The van der Waals surface area contributed by atoms with Crippen molar-refractivity contribution in [3.8, 4) is 0 Å². The molecule has 1 atom stereocenters. The van der Waals surface area contributed by atoms with Gasteiger partial charge in [-0.2, -0.15) is 0 Å². The molecule has 0 spiro atoms. The van der Waals surface area contributed by atoms with Gasteiger partial charge in [0.05, 0.1) is 12.4 Å². The molecule has 0 saturated carbocycles. The molecule has 1 aliphatic heterocycles. The minimum atomic E-state index is -0.186. The molecule has 18 heavy (non-hydrogen) atoms. The topological polar surface area (TPSA) is 58.1 Å². The van der Waals surface area contributed by atoms with Gasteiger partial charge in [-0.25, -0.2) is 9.97 Å². The van der Waals surface area contributed by atoms with Crippen LogP contribution in [0.1, 0.15) is 23.8 Å². The Balaban J connectivity index is 1.80. The molecule has 0 bridgehead atoms. The Bertz CT molecular complexity index is 409. The highest BCUT2D eigenvalue weighted by atomic mass is 35.5. The number of nitrogens with one attached hydrogen (secondary N) is 1. The number of carbonyl (C=O) groups excluding carboxylic acids is 1. The van der Waals surface area contributed by atoms with Gasteiger partial charge >= 0.3 is 0 Å². The number of halogens is 1. The Morgan fingerprint density at radius 3 is 3.00 bits per heavy atom. The minimum Gasteiger partial charge on any atom is -0.350 e. The Kier molecular flexibility index (Phi) is 4.49. The third-order valence-corrected chi connectivity index (χ3v) is 3.42. The van der Waals surface area contributed by atoms with Crippen molar-refractivity contribution in [3.05, 3.63) is 23.2 Å². The number of rotatable bonds is 4. The Hall–Kier alpha value is -1.20. The number of hydrogen-bond donors (Lipinski definition) is 1. The molecule has 1 aromatic rings. The second-order valence-corrected chi connectivity index (χ2v) is 4.87. The van der Waals surface area contributed by atoms with Gasteiger partial charge in [-0.05, 0) is 25.4 Å². The zero-order valence-corrected chi connectivity index (χ0v) is 11.2. The molecule has 1 N–H and O–H groups in total. The molecule has 1 unspecified atom stereocenters. The molecule has 2 rings (SSSR count). The lowest BCUT2D eigenvalue weighted by Crippen LogP contribution is -2.31. The van der Waals surface area contributed by atoms with Crippen LogP contribution in [0.2, 0.25) is 5.15 Å². The SMILES string of the molecule is CCN1CCC(CNC(=O)c2cnc(Cl)cn2)C1. The predicted molar refractivity (Wildman–Crippen MR) is 69.6 cm³/mol. The Labute approximate surface area is 112 Å². The van der Waals surface area contributed by atoms with Crippen LogP contribution in [-0.2, 0) is 0 Å². The van der Waals surface area contributed by atoms with E-state index in [0.29, 0.717) is 23.3 Å². The molecule has 2 heterocycles. The highest BCUT2D eigenvalue weighted by Gasteiger charge is 2.21. The molecule has 0 radical (unpaired) electrons. The number of nitrogens with zero attached hydrogens (tertiary/aromatic N) is 3. The van der Waals surface area contributed by atoms with Crippen LogP contribution in [-0.4, -0.2) is 47.0 Å². The molecule has 1 aromatic heterocycles. The van der Waals surface area contributed by atoms with Gasteiger partial charge in [0.25, 0.3) is 5.91 Å². The first-order valence-electron chi connectivity index (χ1n) is 6.17. The van der Waals surface area contributed by atoms with E-state index < -0.39 is 0 Å². The zero-order chi connectivity index (χ0) is 13.0. The second kappa shape index (κ2) is 6.11. The molecule has 1 aliphatic rings. The summed E-state index contributed by atoms with van der Waals surface area (Å²) in [4.78, 5) is 22.0. The van der Waals surface area contributed by atoms with Crippen LogP contribution in [0.5, 0.6) is 0 Å². The maximum absolute atomic E-state index is 11.8. The molecule has 1 saturated heterocycles. The van der Waals surface area contributed by atoms with Crippen molar-refractivity contribution < 1.29 is 4.79 Å². The summed E-state index contributed by atoms with van der Waals surface area (Å²) in [7, 11) is 0. The average Bonchev–Trinajstić information content (AvgIpc) is 2.85.